The SMILES string of the molecule is CCCC1=CC=CN(C(CC)C(N)=O)C(=O)C1. The summed E-state index contributed by atoms with van der Waals surface area (Å²) >= 11 is 0. The zero-order valence-corrected chi connectivity index (χ0v) is 10.5. The predicted octanol–water partition coefficient (Wildman–Crippen LogP) is 1.72. The summed E-state index contributed by atoms with van der Waals surface area (Å²) in [4.78, 5) is 24.8. The summed E-state index contributed by atoms with van der Waals surface area (Å²) in [5.74, 6) is -0.506. The van der Waals surface area contributed by atoms with Crippen LogP contribution >= 0.6 is 0 Å². The Bertz CT molecular complexity index is 358. The lowest BCUT2D eigenvalue weighted by molar-refractivity contribution is -0.135. The Morgan fingerprint density at radius 2 is 2.24 bits per heavy atom. The van der Waals surface area contributed by atoms with E-state index in [9.17, 15) is 9.59 Å². The molecule has 1 aliphatic heterocycles. The molecule has 2 amide bonds. The van der Waals surface area contributed by atoms with E-state index in [1.165, 1.54) is 4.90 Å². The van der Waals surface area contributed by atoms with E-state index in [-0.39, 0.29) is 5.91 Å². The molecule has 2 N–H and O–H groups in total. The largest absolute Gasteiger partial charge is 0.368 e. The Morgan fingerprint density at radius 1 is 1.53 bits per heavy atom. The molecule has 0 saturated heterocycles. The van der Waals surface area contributed by atoms with Gasteiger partial charge in [0.05, 0.1) is 0 Å². The van der Waals surface area contributed by atoms with Crippen LogP contribution in [0.3, 0.4) is 0 Å². The summed E-state index contributed by atoms with van der Waals surface area (Å²) in [6, 6.07) is -0.534. The molecule has 1 heterocycles. The van der Waals surface area contributed by atoms with Gasteiger partial charge < -0.3 is 10.6 Å². The number of amides is 2. The Hall–Kier alpha value is -1.58. The molecule has 1 atom stereocenters. The van der Waals surface area contributed by atoms with Gasteiger partial charge in [-0.3, -0.25) is 9.59 Å². The number of carbonyl (C=O) groups is 2. The normalized spacial score (nSPS) is 17.6. The van der Waals surface area contributed by atoms with E-state index in [0.717, 1.165) is 18.4 Å². The summed E-state index contributed by atoms with van der Waals surface area (Å²) in [7, 11) is 0. The minimum absolute atomic E-state index is 0.0518. The second kappa shape index (κ2) is 6.23. The van der Waals surface area contributed by atoms with Crippen LogP contribution in [0.2, 0.25) is 0 Å². The van der Waals surface area contributed by atoms with Gasteiger partial charge in [-0.2, -0.15) is 0 Å². The first-order valence-electron chi connectivity index (χ1n) is 6.06. The average Bonchev–Trinajstić information content (AvgIpc) is 2.43. The fraction of sp³-hybridized carbons (Fsp3) is 0.538. The van der Waals surface area contributed by atoms with Crippen molar-refractivity contribution in [1.29, 1.82) is 0 Å². The van der Waals surface area contributed by atoms with Gasteiger partial charge in [0, 0.05) is 12.6 Å². The summed E-state index contributed by atoms with van der Waals surface area (Å²) < 4.78 is 0. The third kappa shape index (κ3) is 3.44. The van der Waals surface area contributed by atoms with E-state index >= 15 is 0 Å². The van der Waals surface area contributed by atoms with Crippen molar-refractivity contribution in [2.75, 3.05) is 0 Å². The molecule has 17 heavy (non-hydrogen) atoms. The van der Waals surface area contributed by atoms with Crippen LogP contribution in [0.15, 0.2) is 23.9 Å². The molecule has 0 saturated carbocycles. The molecule has 0 radical (unpaired) electrons. The van der Waals surface area contributed by atoms with E-state index < -0.39 is 11.9 Å². The van der Waals surface area contributed by atoms with Crippen LogP contribution in [0.1, 0.15) is 39.5 Å². The molecule has 0 aromatic carbocycles. The smallest absolute Gasteiger partial charge is 0.240 e. The Kier molecular flexibility index (Phi) is 4.94. The standard InChI is InChI=1S/C13H20N2O2/c1-3-6-10-7-5-8-15(12(16)9-10)11(4-2)13(14)17/h5,7-8,11H,3-4,6,9H2,1-2H3,(H2,14,17). The van der Waals surface area contributed by atoms with Crippen molar-refractivity contribution in [2.24, 2.45) is 5.73 Å². The van der Waals surface area contributed by atoms with Gasteiger partial charge in [0.2, 0.25) is 11.8 Å². The molecule has 1 aliphatic rings. The number of primary amides is 1. The number of nitrogens with zero attached hydrogens (tertiary/aromatic N) is 1. The van der Waals surface area contributed by atoms with Crippen molar-refractivity contribution in [3.8, 4) is 0 Å². The highest BCUT2D eigenvalue weighted by Gasteiger charge is 2.25. The van der Waals surface area contributed by atoms with Crippen molar-refractivity contribution < 1.29 is 9.59 Å². The van der Waals surface area contributed by atoms with Crippen molar-refractivity contribution in [3.63, 3.8) is 0 Å². The number of allylic oxidation sites excluding steroid dienone is 2. The van der Waals surface area contributed by atoms with Crippen LogP contribution < -0.4 is 5.73 Å². The molecule has 0 aromatic rings. The Balaban J connectivity index is 2.80. The van der Waals surface area contributed by atoms with Crippen LogP contribution in [0, 0.1) is 0 Å². The number of carbonyl (C=O) groups excluding carboxylic acids is 2. The highest BCUT2D eigenvalue weighted by Crippen LogP contribution is 2.18. The van der Waals surface area contributed by atoms with Crippen LogP contribution in [0.25, 0.3) is 0 Å². The summed E-state index contributed by atoms with van der Waals surface area (Å²) in [5.41, 5.74) is 6.41. The van der Waals surface area contributed by atoms with Gasteiger partial charge in [-0.05, 0) is 18.9 Å². The summed E-state index contributed by atoms with van der Waals surface area (Å²) in [6.07, 6.45) is 8.27. The topological polar surface area (TPSA) is 63.4 Å². The molecule has 1 unspecified atom stereocenters. The van der Waals surface area contributed by atoms with Gasteiger partial charge in [-0.1, -0.05) is 31.9 Å². The van der Waals surface area contributed by atoms with Crippen molar-refractivity contribution in [2.45, 2.75) is 45.6 Å². The first-order chi connectivity index (χ1) is 8.10. The van der Waals surface area contributed by atoms with Gasteiger partial charge >= 0.3 is 0 Å². The number of rotatable bonds is 5. The van der Waals surface area contributed by atoms with E-state index in [1.807, 2.05) is 19.1 Å². The second-order valence-electron chi connectivity index (χ2n) is 4.22. The Labute approximate surface area is 102 Å². The van der Waals surface area contributed by atoms with E-state index in [1.54, 1.807) is 6.20 Å². The lowest BCUT2D eigenvalue weighted by Crippen LogP contribution is -2.44. The number of hydrogen-bond acceptors (Lipinski definition) is 2. The molecular formula is C13H20N2O2. The lowest BCUT2D eigenvalue weighted by Gasteiger charge is -2.25. The van der Waals surface area contributed by atoms with Gasteiger partial charge in [-0.25, -0.2) is 0 Å². The quantitative estimate of drug-likeness (QED) is 0.790. The number of hydrogen-bond donors (Lipinski definition) is 1. The fourth-order valence-corrected chi connectivity index (χ4v) is 2.00. The maximum atomic E-state index is 12.0. The van der Waals surface area contributed by atoms with Crippen LogP contribution in [-0.4, -0.2) is 22.8 Å². The van der Waals surface area contributed by atoms with Crippen LogP contribution in [0.5, 0.6) is 0 Å². The maximum Gasteiger partial charge on any atom is 0.240 e. The van der Waals surface area contributed by atoms with E-state index in [0.29, 0.717) is 12.8 Å². The summed E-state index contributed by atoms with van der Waals surface area (Å²) in [5, 5.41) is 0. The van der Waals surface area contributed by atoms with Gasteiger partial charge in [0.25, 0.3) is 0 Å². The van der Waals surface area contributed by atoms with Gasteiger partial charge in [-0.15, -0.1) is 0 Å². The number of nitrogens with two attached hydrogens (primary N) is 1. The zero-order valence-electron chi connectivity index (χ0n) is 10.5. The second-order valence-corrected chi connectivity index (χ2v) is 4.22. The Morgan fingerprint density at radius 3 is 2.76 bits per heavy atom. The first-order valence-corrected chi connectivity index (χ1v) is 6.06. The molecule has 4 nitrogen and oxygen atoms in total. The minimum Gasteiger partial charge on any atom is -0.368 e. The molecule has 0 fully saturated rings. The van der Waals surface area contributed by atoms with E-state index in [2.05, 4.69) is 6.92 Å². The maximum absolute atomic E-state index is 12.0. The molecule has 0 aliphatic carbocycles. The van der Waals surface area contributed by atoms with Crippen molar-refractivity contribution >= 4 is 11.8 Å². The van der Waals surface area contributed by atoms with E-state index in [4.69, 9.17) is 5.73 Å². The minimum atomic E-state index is -0.534. The van der Waals surface area contributed by atoms with Crippen LogP contribution in [0.4, 0.5) is 0 Å². The lowest BCUT2D eigenvalue weighted by atomic mass is 10.1. The molecule has 1 rings (SSSR count). The predicted molar refractivity (Wildman–Crippen MR) is 66.9 cm³/mol. The summed E-state index contributed by atoms with van der Waals surface area (Å²) in [6.45, 7) is 3.93. The molecular weight excluding hydrogens is 216 g/mol. The molecule has 94 valence electrons. The first kappa shape index (κ1) is 13.5. The molecule has 0 spiro atoms. The van der Waals surface area contributed by atoms with Crippen LogP contribution in [-0.2, 0) is 9.59 Å². The van der Waals surface area contributed by atoms with Gasteiger partial charge in [0.1, 0.15) is 6.04 Å². The average molecular weight is 236 g/mol. The highest BCUT2D eigenvalue weighted by molar-refractivity contribution is 5.88. The fourth-order valence-electron chi connectivity index (χ4n) is 2.00. The van der Waals surface area contributed by atoms with Crippen molar-refractivity contribution in [3.05, 3.63) is 23.9 Å². The monoisotopic (exact) mass is 236 g/mol. The molecule has 4 heteroatoms. The highest BCUT2D eigenvalue weighted by atomic mass is 16.2. The molecule has 0 bridgehead atoms. The zero-order chi connectivity index (χ0) is 12.8. The molecule has 0 aromatic heterocycles. The van der Waals surface area contributed by atoms with Gasteiger partial charge in [0.15, 0.2) is 0 Å². The third-order valence-electron chi connectivity index (χ3n) is 2.87. The third-order valence-corrected chi connectivity index (χ3v) is 2.87. The van der Waals surface area contributed by atoms with Crippen molar-refractivity contribution in [1.82, 2.24) is 4.90 Å².